The molecule has 2 fully saturated rings. The highest BCUT2D eigenvalue weighted by atomic mass is 16.6. The van der Waals surface area contributed by atoms with E-state index in [-0.39, 0.29) is 24.6 Å². The van der Waals surface area contributed by atoms with E-state index in [1.54, 1.807) is 4.90 Å². The first-order valence-corrected chi connectivity index (χ1v) is 8.57. The third-order valence-electron chi connectivity index (χ3n) is 4.22. The summed E-state index contributed by atoms with van der Waals surface area (Å²) in [6, 6.07) is 0.0891. The van der Waals surface area contributed by atoms with Gasteiger partial charge in [-0.2, -0.15) is 0 Å². The first-order valence-electron chi connectivity index (χ1n) is 8.57. The topological polar surface area (TPSA) is 49.9 Å². The molecular formula is C17H30N2O3. The Bertz CT molecular complexity index is 413. The van der Waals surface area contributed by atoms with Crippen LogP contribution in [0.5, 0.6) is 0 Å². The Balaban J connectivity index is 2.02. The molecule has 22 heavy (non-hydrogen) atoms. The van der Waals surface area contributed by atoms with E-state index in [0.717, 1.165) is 25.8 Å². The fourth-order valence-corrected chi connectivity index (χ4v) is 2.84. The molecule has 1 aliphatic heterocycles. The average Bonchev–Trinajstić information content (AvgIpc) is 3.21. The summed E-state index contributed by atoms with van der Waals surface area (Å²) in [6.45, 7) is 9.41. The lowest BCUT2D eigenvalue weighted by Gasteiger charge is -2.41. The molecule has 1 saturated carbocycles. The van der Waals surface area contributed by atoms with Gasteiger partial charge in [0.1, 0.15) is 12.1 Å². The van der Waals surface area contributed by atoms with Gasteiger partial charge in [-0.25, -0.2) is 4.79 Å². The molecule has 5 heteroatoms. The molecule has 0 bridgehead atoms. The third-order valence-corrected chi connectivity index (χ3v) is 4.22. The average molecular weight is 310 g/mol. The Kier molecular flexibility index (Phi) is 5.35. The second-order valence-electron chi connectivity index (χ2n) is 7.65. The first-order chi connectivity index (χ1) is 10.3. The van der Waals surface area contributed by atoms with E-state index in [1.807, 2.05) is 25.7 Å². The van der Waals surface area contributed by atoms with Gasteiger partial charge < -0.3 is 9.64 Å². The third kappa shape index (κ3) is 4.89. The zero-order chi connectivity index (χ0) is 16.3. The smallest absolute Gasteiger partial charge is 0.411 e. The van der Waals surface area contributed by atoms with Crippen LogP contribution in [0.25, 0.3) is 0 Å². The van der Waals surface area contributed by atoms with Gasteiger partial charge in [0, 0.05) is 13.1 Å². The van der Waals surface area contributed by atoms with Gasteiger partial charge in [-0.3, -0.25) is 9.69 Å². The lowest BCUT2D eigenvalue weighted by atomic mass is 10.0. The number of hydrogen-bond acceptors (Lipinski definition) is 3. The van der Waals surface area contributed by atoms with Crippen molar-refractivity contribution in [3.8, 4) is 0 Å². The van der Waals surface area contributed by atoms with Crippen LogP contribution in [0.1, 0.15) is 59.8 Å². The summed E-state index contributed by atoms with van der Waals surface area (Å²) < 4.78 is 5.48. The van der Waals surface area contributed by atoms with Gasteiger partial charge >= 0.3 is 6.09 Å². The highest BCUT2D eigenvalue weighted by Gasteiger charge is 2.38. The monoisotopic (exact) mass is 310 g/mol. The molecule has 0 unspecified atom stereocenters. The lowest BCUT2D eigenvalue weighted by molar-refractivity contribution is -0.138. The fourth-order valence-electron chi connectivity index (χ4n) is 2.84. The summed E-state index contributed by atoms with van der Waals surface area (Å²) >= 11 is 0. The number of carbonyl (C=O) groups excluding carboxylic acids is 2. The fraction of sp³-hybridized carbons (Fsp3) is 0.882. The van der Waals surface area contributed by atoms with Crippen molar-refractivity contribution in [3.63, 3.8) is 0 Å². The minimum absolute atomic E-state index is 0.0607. The summed E-state index contributed by atoms with van der Waals surface area (Å²) in [4.78, 5) is 28.3. The molecule has 1 aliphatic carbocycles. The molecule has 1 atom stereocenters. The van der Waals surface area contributed by atoms with Gasteiger partial charge in [-0.15, -0.1) is 0 Å². The summed E-state index contributed by atoms with van der Waals surface area (Å²) in [5.74, 6) is 0.745. The van der Waals surface area contributed by atoms with E-state index in [2.05, 4.69) is 6.92 Å². The summed E-state index contributed by atoms with van der Waals surface area (Å²) in [5, 5.41) is 0. The minimum Gasteiger partial charge on any atom is -0.444 e. The number of unbranched alkanes of at least 4 members (excludes halogenated alkanes) is 1. The van der Waals surface area contributed by atoms with E-state index in [1.165, 1.54) is 12.8 Å². The number of amides is 2. The zero-order valence-corrected chi connectivity index (χ0v) is 14.4. The van der Waals surface area contributed by atoms with Gasteiger partial charge in [-0.1, -0.05) is 19.8 Å². The minimum atomic E-state index is -0.527. The normalized spacial score (nSPS) is 22.9. The number of nitrogens with zero attached hydrogens (tertiary/aromatic N) is 2. The van der Waals surface area contributed by atoms with Crippen molar-refractivity contribution in [2.45, 2.75) is 71.4 Å². The molecule has 126 valence electrons. The Morgan fingerprint density at radius 2 is 2.00 bits per heavy atom. The van der Waals surface area contributed by atoms with Crippen LogP contribution in [0.3, 0.4) is 0 Å². The maximum atomic E-state index is 12.4. The van der Waals surface area contributed by atoms with E-state index >= 15 is 0 Å². The van der Waals surface area contributed by atoms with Crippen molar-refractivity contribution in [3.05, 3.63) is 0 Å². The molecule has 0 N–H and O–H groups in total. The first kappa shape index (κ1) is 17.1. The Hall–Kier alpha value is -1.26. The van der Waals surface area contributed by atoms with Crippen LogP contribution in [0.2, 0.25) is 0 Å². The molecule has 2 aliphatic rings. The number of carbonyl (C=O) groups is 2. The Morgan fingerprint density at radius 1 is 1.32 bits per heavy atom. The predicted molar refractivity (Wildman–Crippen MR) is 85.6 cm³/mol. The molecule has 2 amide bonds. The van der Waals surface area contributed by atoms with Gasteiger partial charge in [0.05, 0.1) is 6.04 Å². The second kappa shape index (κ2) is 6.88. The quantitative estimate of drug-likeness (QED) is 0.784. The van der Waals surface area contributed by atoms with Crippen LogP contribution < -0.4 is 0 Å². The summed E-state index contributed by atoms with van der Waals surface area (Å²) in [7, 11) is 0. The van der Waals surface area contributed by atoms with Crippen molar-refractivity contribution in [2.24, 2.45) is 5.92 Å². The molecule has 1 heterocycles. The molecule has 0 spiro atoms. The second-order valence-corrected chi connectivity index (χ2v) is 7.65. The van der Waals surface area contributed by atoms with Crippen LogP contribution in [-0.2, 0) is 9.53 Å². The number of ether oxygens (including phenoxy) is 1. The van der Waals surface area contributed by atoms with E-state index < -0.39 is 5.60 Å². The van der Waals surface area contributed by atoms with Crippen LogP contribution >= 0.6 is 0 Å². The van der Waals surface area contributed by atoms with E-state index in [0.29, 0.717) is 12.5 Å². The van der Waals surface area contributed by atoms with E-state index in [4.69, 9.17) is 4.74 Å². The largest absolute Gasteiger partial charge is 0.444 e. The maximum Gasteiger partial charge on any atom is 0.411 e. The van der Waals surface area contributed by atoms with E-state index in [9.17, 15) is 9.59 Å². The number of hydrogen-bond donors (Lipinski definition) is 0. The van der Waals surface area contributed by atoms with Crippen molar-refractivity contribution >= 4 is 12.0 Å². The van der Waals surface area contributed by atoms with Crippen LogP contribution in [0.4, 0.5) is 4.79 Å². The highest BCUT2D eigenvalue weighted by Crippen LogP contribution is 2.31. The highest BCUT2D eigenvalue weighted by molar-refractivity contribution is 5.84. The van der Waals surface area contributed by atoms with Crippen molar-refractivity contribution in [1.82, 2.24) is 9.80 Å². The molecule has 0 radical (unpaired) electrons. The molecule has 5 nitrogen and oxygen atoms in total. The van der Waals surface area contributed by atoms with Gasteiger partial charge in [-0.05, 0) is 46.0 Å². The molecule has 0 aromatic rings. The van der Waals surface area contributed by atoms with Crippen molar-refractivity contribution in [1.29, 1.82) is 0 Å². The number of rotatable bonds is 5. The summed E-state index contributed by atoms with van der Waals surface area (Å²) in [6.07, 6.45) is 5.21. The predicted octanol–water partition coefficient (Wildman–Crippen LogP) is 3.03. The van der Waals surface area contributed by atoms with Gasteiger partial charge in [0.15, 0.2) is 0 Å². The number of piperazine rings is 1. The van der Waals surface area contributed by atoms with Crippen molar-refractivity contribution < 1.29 is 14.3 Å². The molecule has 0 aromatic heterocycles. The Labute approximate surface area is 134 Å². The zero-order valence-electron chi connectivity index (χ0n) is 14.4. The van der Waals surface area contributed by atoms with Gasteiger partial charge in [0.25, 0.3) is 0 Å². The molecular weight excluding hydrogens is 280 g/mol. The van der Waals surface area contributed by atoms with Crippen molar-refractivity contribution in [2.75, 3.05) is 19.6 Å². The SMILES string of the molecule is CCCC[C@H]1CN(CC2CC2)C(=O)CN1C(=O)OC(C)(C)C. The van der Waals surface area contributed by atoms with Gasteiger partial charge in [0.2, 0.25) is 5.91 Å². The molecule has 0 aromatic carbocycles. The van der Waals surface area contributed by atoms with Crippen LogP contribution in [0.15, 0.2) is 0 Å². The standard InChI is InChI=1S/C17H30N2O3/c1-5-6-7-14-11-18(10-13-8-9-13)15(20)12-19(14)16(21)22-17(2,3)4/h13-14H,5-12H2,1-4H3/t14-/m0/s1. The maximum absolute atomic E-state index is 12.4. The Morgan fingerprint density at radius 3 is 2.55 bits per heavy atom. The van der Waals surface area contributed by atoms with Crippen LogP contribution in [-0.4, -0.2) is 53.1 Å². The van der Waals surface area contributed by atoms with Crippen LogP contribution in [0, 0.1) is 5.92 Å². The molecule has 1 saturated heterocycles. The molecule has 2 rings (SSSR count). The lowest BCUT2D eigenvalue weighted by Crippen LogP contribution is -2.58. The summed E-state index contributed by atoms with van der Waals surface area (Å²) in [5.41, 5.74) is -0.527.